The van der Waals surface area contributed by atoms with Gasteiger partial charge in [-0.25, -0.2) is 4.98 Å². The van der Waals surface area contributed by atoms with E-state index in [1.165, 1.54) is 0 Å². The van der Waals surface area contributed by atoms with E-state index in [0.29, 0.717) is 18.2 Å². The highest BCUT2D eigenvalue weighted by molar-refractivity contribution is 7.98. The minimum atomic E-state index is 0.621. The van der Waals surface area contributed by atoms with Crippen LogP contribution in [0.15, 0.2) is 70.3 Å². The van der Waals surface area contributed by atoms with E-state index < -0.39 is 0 Å². The molecule has 0 aliphatic rings. The fourth-order valence-corrected chi connectivity index (χ4v) is 4.15. The third kappa shape index (κ3) is 3.88. The Balaban J connectivity index is 1.53. The van der Waals surface area contributed by atoms with Crippen molar-refractivity contribution < 1.29 is 9.15 Å². The average molecular weight is 411 g/mol. The molecular formula is C20H18N4O2S2. The van der Waals surface area contributed by atoms with Gasteiger partial charge in [0.05, 0.1) is 17.7 Å². The molecule has 8 heteroatoms. The van der Waals surface area contributed by atoms with Gasteiger partial charge < -0.3 is 9.15 Å². The lowest BCUT2D eigenvalue weighted by molar-refractivity contribution is 0.415. The number of aromatic nitrogens is 4. The molecule has 0 amide bonds. The second-order valence-corrected chi connectivity index (χ2v) is 7.73. The van der Waals surface area contributed by atoms with Gasteiger partial charge in [0.15, 0.2) is 11.0 Å². The van der Waals surface area contributed by atoms with Crippen LogP contribution in [0.2, 0.25) is 0 Å². The van der Waals surface area contributed by atoms with Crippen LogP contribution < -0.4 is 4.74 Å². The zero-order valence-electron chi connectivity index (χ0n) is 15.2. The van der Waals surface area contributed by atoms with Gasteiger partial charge in [0.2, 0.25) is 5.89 Å². The molecule has 0 radical (unpaired) electrons. The van der Waals surface area contributed by atoms with Crippen LogP contribution in [0.25, 0.3) is 22.2 Å². The van der Waals surface area contributed by atoms with Gasteiger partial charge >= 0.3 is 0 Å². The highest BCUT2D eigenvalue weighted by Gasteiger charge is 2.15. The van der Waals surface area contributed by atoms with E-state index in [1.54, 1.807) is 36.5 Å². The van der Waals surface area contributed by atoms with Gasteiger partial charge in [0.1, 0.15) is 12.0 Å². The van der Waals surface area contributed by atoms with Gasteiger partial charge in [-0.2, -0.15) is 0 Å². The van der Waals surface area contributed by atoms with Crippen LogP contribution in [0.5, 0.6) is 5.75 Å². The zero-order valence-corrected chi connectivity index (χ0v) is 16.9. The van der Waals surface area contributed by atoms with E-state index in [-0.39, 0.29) is 0 Å². The SMILES string of the molecule is C=CCn1c(SCc2coc(-c3cccs3)n2)nnc1-c1ccc(OC)cc1. The molecule has 3 heterocycles. The van der Waals surface area contributed by atoms with Crippen LogP contribution in [0, 0.1) is 0 Å². The van der Waals surface area contributed by atoms with Crippen molar-refractivity contribution in [1.29, 1.82) is 0 Å². The number of rotatable bonds is 8. The van der Waals surface area contributed by atoms with E-state index >= 15 is 0 Å². The van der Waals surface area contributed by atoms with Crippen molar-refractivity contribution in [3.63, 3.8) is 0 Å². The molecule has 28 heavy (non-hydrogen) atoms. The second kappa shape index (κ2) is 8.45. The molecular weight excluding hydrogens is 392 g/mol. The first-order valence-electron chi connectivity index (χ1n) is 8.58. The van der Waals surface area contributed by atoms with E-state index in [0.717, 1.165) is 32.9 Å². The molecule has 0 saturated heterocycles. The summed E-state index contributed by atoms with van der Waals surface area (Å²) in [4.78, 5) is 5.58. The largest absolute Gasteiger partial charge is 0.497 e. The number of hydrogen-bond donors (Lipinski definition) is 0. The van der Waals surface area contributed by atoms with Crippen LogP contribution in [0.3, 0.4) is 0 Å². The smallest absolute Gasteiger partial charge is 0.236 e. The number of hydrogen-bond acceptors (Lipinski definition) is 7. The molecule has 4 rings (SSSR count). The molecule has 0 aliphatic heterocycles. The molecule has 4 aromatic rings. The van der Waals surface area contributed by atoms with Gasteiger partial charge in [-0.05, 0) is 35.7 Å². The van der Waals surface area contributed by atoms with Crippen molar-refractivity contribution in [2.24, 2.45) is 0 Å². The number of ether oxygens (including phenoxy) is 1. The minimum Gasteiger partial charge on any atom is -0.497 e. The van der Waals surface area contributed by atoms with Gasteiger partial charge in [0, 0.05) is 17.9 Å². The lowest BCUT2D eigenvalue weighted by Gasteiger charge is -2.08. The van der Waals surface area contributed by atoms with E-state index in [1.807, 2.05) is 52.4 Å². The number of allylic oxidation sites excluding steroid dienone is 1. The standard InChI is InChI=1S/C20H18N4O2S2/c1-3-10-24-18(14-6-8-16(25-2)9-7-14)22-23-20(24)28-13-15-12-26-19(21-15)17-5-4-11-27-17/h3-9,11-12H,1,10,13H2,2H3. The molecule has 0 fully saturated rings. The molecule has 3 aromatic heterocycles. The first kappa shape index (κ1) is 18.5. The highest BCUT2D eigenvalue weighted by atomic mass is 32.2. The highest BCUT2D eigenvalue weighted by Crippen LogP contribution is 2.29. The summed E-state index contributed by atoms with van der Waals surface area (Å²) in [5.41, 5.74) is 1.84. The van der Waals surface area contributed by atoms with Crippen molar-refractivity contribution in [1.82, 2.24) is 19.7 Å². The fraction of sp³-hybridized carbons (Fsp3) is 0.150. The van der Waals surface area contributed by atoms with E-state index in [2.05, 4.69) is 21.8 Å². The summed E-state index contributed by atoms with van der Waals surface area (Å²) in [6.45, 7) is 4.48. The maximum Gasteiger partial charge on any atom is 0.236 e. The first-order valence-corrected chi connectivity index (χ1v) is 10.4. The molecule has 6 nitrogen and oxygen atoms in total. The van der Waals surface area contributed by atoms with E-state index in [9.17, 15) is 0 Å². The number of oxazole rings is 1. The average Bonchev–Trinajstić information content (AvgIpc) is 3.47. The van der Waals surface area contributed by atoms with E-state index in [4.69, 9.17) is 9.15 Å². The maximum atomic E-state index is 5.59. The van der Waals surface area contributed by atoms with Gasteiger partial charge in [-0.15, -0.1) is 28.1 Å². The normalized spacial score (nSPS) is 10.9. The topological polar surface area (TPSA) is 66.0 Å². The molecule has 0 atom stereocenters. The molecule has 142 valence electrons. The molecule has 0 unspecified atom stereocenters. The predicted molar refractivity (Wildman–Crippen MR) is 112 cm³/mol. The first-order chi connectivity index (χ1) is 13.8. The number of thiophene rings is 1. The van der Waals surface area contributed by atoms with Gasteiger partial charge in [-0.1, -0.05) is 23.9 Å². The fourth-order valence-electron chi connectivity index (χ4n) is 2.67. The van der Waals surface area contributed by atoms with Crippen LogP contribution in [-0.2, 0) is 12.3 Å². The van der Waals surface area contributed by atoms with Crippen LogP contribution >= 0.6 is 23.1 Å². The van der Waals surface area contributed by atoms with Crippen molar-refractivity contribution in [3.05, 3.63) is 66.4 Å². The van der Waals surface area contributed by atoms with Crippen LogP contribution in [0.4, 0.5) is 0 Å². The Morgan fingerprint density at radius 3 is 2.82 bits per heavy atom. The summed E-state index contributed by atoms with van der Waals surface area (Å²) in [5, 5.41) is 11.6. The summed E-state index contributed by atoms with van der Waals surface area (Å²) in [6, 6.07) is 11.8. The van der Waals surface area contributed by atoms with Crippen LogP contribution in [0.1, 0.15) is 5.69 Å². The Morgan fingerprint density at radius 2 is 2.11 bits per heavy atom. The summed E-state index contributed by atoms with van der Waals surface area (Å²) in [7, 11) is 1.65. The van der Waals surface area contributed by atoms with Crippen LogP contribution in [-0.4, -0.2) is 26.9 Å². The predicted octanol–water partition coefficient (Wildman–Crippen LogP) is 5.15. The molecule has 1 aromatic carbocycles. The molecule has 0 N–H and O–H groups in total. The lowest BCUT2D eigenvalue weighted by Crippen LogP contribution is -2.00. The Morgan fingerprint density at radius 1 is 1.25 bits per heavy atom. The second-order valence-electron chi connectivity index (χ2n) is 5.84. The Bertz CT molecular complexity index is 1050. The lowest BCUT2D eigenvalue weighted by atomic mass is 10.2. The Labute approximate surface area is 170 Å². The number of methoxy groups -OCH3 is 1. The Hall–Kier alpha value is -2.84. The monoisotopic (exact) mass is 410 g/mol. The molecule has 0 spiro atoms. The van der Waals surface area contributed by atoms with Crippen molar-refractivity contribution in [3.8, 4) is 27.9 Å². The molecule has 0 aliphatic carbocycles. The van der Waals surface area contributed by atoms with Crippen molar-refractivity contribution in [2.45, 2.75) is 17.5 Å². The minimum absolute atomic E-state index is 0.621. The third-order valence-electron chi connectivity index (χ3n) is 4.01. The number of thioether (sulfide) groups is 1. The third-order valence-corrected chi connectivity index (χ3v) is 5.87. The summed E-state index contributed by atoms with van der Waals surface area (Å²) in [6.07, 6.45) is 3.53. The van der Waals surface area contributed by atoms with Crippen molar-refractivity contribution in [2.75, 3.05) is 7.11 Å². The summed E-state index contributed by atoms with van der Waals surface area (Å²) in [5.74, 6) is 2.90. The number of benzene rings is 1. The zero-order chi connectivity index (χ0) is 19.3. The summed E-state index contributed by atoms with van der Waals surface area (Å²) >= 11 is 3.18. The maximum absolute atomic E-state index is 5.59. The number of nitrogens with zero attached hydrogens (tertiary/aromatic N) is 4. The summed E-state index contributed by atoms with van der Waals surface area (Å²) < 4.78 is 12.9. The molecule has 0 bridgehead atoms. The van der Waals surface area contributed by atoms with Gasteiger partial charge in [-0.3, -0.25) is 4.57 Å². The molecule has 0 saturated carbocycles. The van der Waals surface area contributed by atoms with Gasteiger partial charge in [0.25, 0.3) is 0 Å². The Kier molecular flexibility index (Phi) is 5.59. The van der Waals surface area contributed by atoms with Crippen molar-refractivity contribution >= 4 is 23.1 Å². The quantitative estimate of drug-likeness (QED) is 0.296.